The van der Waals surface area contributed by atoms with E-state index in [1.807, 2.05) is 0 Å². The van der Waals surface area contributed by atoms with E-state index in [1.165, 1.54) is 6.92 Å². The van der Waals surface area contributed by atoms with Crippen LogP contribution in [0.15, 0.2) is 24.3 Å². The number of hydrogen-bond donors (Lipinski definition) is 3. The standard InChI is InChI=1S/C16H23N3O4/c1-11(20)17-9-10-18-14(21)12-5-7-13(8-6-12)19-15(22)23-16(2,3)4/h5-8H,9-10H2,1-4H3,(H,17,20)(H,18,21)(H,19,22). The van der Waals surface area contributed by atoms with Crippen molar-refractivity contribution < 1.29 is 19.1 Å². The number of nitrogens with one attached hydrogen (secondary N) is 3. The highest BCUT2D eigenvalue weighted by atomic mass is 16.6. The van der Waals surface area contributed by atoms with Crippen LogP contribution in [0.2, 0.25) is 0 Å². The van der Waals surface area contributed by atoms with Crippen LogP contribution in [0.1, 0.15) is 38.1 Å². The Morgan fingerprint density at radius 2 is 1.57 bits per heavy atom. The van der Waals surface area contributed by atoms with Gasteiger partial charge in [0.15, 0.2) is 0 Å². The molecule has 1 rings (SSSR count). The Labute approximate surface area is 135 Å². The molecule has 0 atom stereocenters. The topological polar surface area (TPSA) is 96.5 Å². The molecule has 0 aliphatic rings. The number of carbonyl (C=O) groups excluding carboxylic acids is 3. The Balaban J connectivity index is 2.48. The van der Waals surface area contributed by atoms with Crippen molar-refractivity contribution >= 4 is 23.6 Å². The second-order valence-electron chi connectivity index (χ2n) is 5.94. The fourth-order valence-electron chi connectivity index (χ4n) is 1.64. The normalized spacial score (nSPS) is 10.6. The van der Waals surface area contributed by atoms with Gasteiger partial charge in [-0.05, 0) is 45.0 Å². The van der Waals surface area contributed by atoms with Gasteiger partial charge in [0.05, 0.1) is 0 Å². The number of carbonyl (C=O) groups is 3. The first-order valence-electron chi connectivity index (χ1n) is 7.30. The zero-order valence-corrected chi connectivity index (χ0v) is 13.9. The van der Waals surface area contributed by atoms with Gasteiger partial charge in [0.1, 0.15) is 5.60 Å². The summed E-state index contributed by atoms with van der Waals surface area (Å²) in [5.41, 5.74) is 0.425. The average Bonchev–Trinajstić information content (AvgIpc) is 2.41. The summed E-state index contributed by atoms with van der Waals surface area (Å²) >= 11 is 0. The lowest BCUT2D eigenvalue weighted by Crippen LogP contribution is -2.33. The predicted octanol–water partition coefficient (Wildman–Crippen LogP) is 1.90. The van der Waals surface area contributed by atoms with E-state index in [0.717, 1.165) is 0 Å². The molecule has 126 valence electrons. The van der Waals surface area contributed by atoms with Gasteiger partial charge in [-0.1, -0.05) is 0 Å². The van der Waals surface area contributed by atoms with Crippen molar-refractivity contribution in [3.63, 3.8) is 0 Å². The maximum absolute atomic E-state index is 11.9. The quantitative estimate of drug-likeness (QED) is 0.722. The van der Waals surface area contributed by atoms with Gasteiger partial charge in [0.2, 0.25) is 5.91 Å². The fraction of sp³-hybridized carbons (Fsp3) is 0.438. The van der Waals surface area contributed by atoms with Crippen molar-refractivity contribution in [1.29, 1.82) is 0 Å². The maximum Gasteiger partial charge on any atom is 0.412 e. The molecule has 7 nitrogen and oxygen atoms in total. The lowest BCUT2D eigenvalue weighted by molar-refractivity contribution is -0.118. The Hall–Kier alpha value is -2.57. The Morgan fingerprint density at radius 1 is 1.00 bits per heavy atom. The minimum atomic E-state index is -0.572. The highest BCUT2D eigenvalue weighted by Gasteiger charge is 2.16. The van der Waals surface area contributed by atoms with Crippen molar-refractivity contribution in [1.82, 2.24) is 10.6 Å². The largest absolute Gasteiger partial charge is 0.444 e. The molecule has 0 saturated carbocycles. The first-order valence-corrected chi connectivity index (χ1v) is 7.30. The van der Waals surface area contributed by atoms with Crippen LogP contribution in [-0.4, -0.2) is 36.6 Å². The van der Waals surface area contributed by atoms with Crippen molar-refractivity contribution in [2.45, 2.75) is 33.3 Å². The number of benzene rings is 1. The van der Waals surface area contributed by atoms with Gasteiger partial charge in [-0.15, -0.1) is 0 Å². The van der Waals surface area contributed by atoms with E-state index in [4.69, 9.17) is 4.74 Å². The van der Waals surface area contributed by atoms with Gasteiger partial charge in [-0.25, -0.2) is 4.79 Å². The third kappa shape index (κ3) is 7.85. The second-order valence-corrected chi connectivity index (χ2v) is 5.94. The SMILES string of the molecule is CC(=O)NCCNC(=O)c1ccc(NC(=O)OC(C)(C)C)cc1. The van der Waals surface area contributed by atoms with E-state index in [1.54, 1.807) is 45.0 Å². The van der Waals surface area contributed by atoms with Crippen molar-refractivity contribution in [3.05, 3.63) is 29.8 Å². The molecule has 7 heteroatoms. The van der Waals surface area contributed by atoms with Crippen LogP contribution < -0.4 is 16.0 Å². The van der Waals surface area contributed by atoms with Gasteiger partial charge in [0.25, 0.3) is 5.91 Å². The molecule has 0 bridgehead atoms. The van der Waals surface area contributed by atoms with E-state index >= 15 is 0 Å². The molecule has 0 spiro atoms. The monoisotopic (exact) mass is 321 g/mol. The minimum Gasteiger partial charge on any atom is -0.444 e. The molecule has 0 aromatic heterocycles. The first kappa shape index (κ1) is 18.5. The van der Waals surface area contributed by atoms with Crippen LogP contribution >= 0.6 is 0 Å². The van der Waals surface area contributed by atoms with E-state index in [9.17, 15) is 14.4 Å². The van der Waals surface area contributed by atoms with E-state index < -0.39 is 11.7 Å². The highest BCUT2D eigenvalue weighted by molar-refractivity contribution is 5.95. The smallest absolute Gasteiger partial charge is 0.412 e. The van der Waals surface area contributed by atoms with Gasteiger partial charge in [-0.3, -0.25) is 14.9 Å². The number of ether oxygens (including phenoxy) is 1. The molecule has 0 radical (unpaired) electrons. The third-order valence-electron chi connectivity index (χ3n) is 2.58. The lowest BCUT2D eigenvalue weighted by atomic mass is 10.2. The molecule has 0 saturated heterocycles. The number of anilines is 1. The first-order chi connectivity index (χ1) is 10.7. The molecule has 3 N–H and O–H groups in total. The van der Waals surface area contributed by atoms with Gasteiger partial charge in [0, 0.05) is 31.3 Å². The molecule has 0 aliphatic heterocycles. The van der Waals surface area contributed by atoms with Crippen molar-refractivity contribution in [2.75, 3.05) is 18.4 Å². The summed E-state index contributed by atoms with van der Waals surface area (Å²) in [6.45, 7) is 7.47. The summed E-state index contributed by atoms with van der Waals surface area (Å²) in [7, 11) is 0. The summed E-state index contributed by atoms with van der Waals surface area (Å²) in [6, 6.07) is 6.43. The number of rotatable bonds is 5. The summed E-state index contributed by atoms with van der Waals surface area (Å²) < 4.78 is 5.14. The van der Waals surface area contributed by atoms with Crippen LogP contribution in [-0.2, 0) is 9.53 Å². The number of hydrogen-bond acceptors (Lipinski definition) is 4. The van der Waals surface area contributed by atoms with E-state index in [2.05, 4.69) is 16.0 Å². The molecular formula is C16H23N3O4. The van der Waals surface area contributed by atoms with Gasteiger partial charge in [-0.2, -0.15) is 0 Å². The Bertz CT molecular complexity index is 562. The Morgan fingerprint density at radius 3 is 2.09 bits per heavy atom. The molecule has 0 aliphatic carbocycles. The maximum atomic E-state index is 11.9. The Kier molecular flexibility index (Phi) is 6.56. The number of amides is 3. The summed E-state index contributed by atoms with van der Waals surface area (Å²) in [4.78, 5) is 34.2. The summed E-state index contributed by atoms with van der Waals surface area (Å²) in [6.07, 6.45) is -0.551. The second kappa shape index (κ2) is 8.17. The molecule has 3 amide bonds. The molecule has 0 fully saturated rings. The van der Waals surface area contributed by atoms with E-state index in [0.29, 0.717) is 24.3 Å². The fourth-order valence-corrected chi connectivity index (χ4v) is 1.64. The third-order valence-corrected chi connectivity index (χ3v) is 2.58. The van der Waals surface area contributed by atoms with Crippen LogP contribution in [0, 0.1) is 0 Å². The van der Waals surface area contributed by atoms with E-state index in [-0.39, 0.29) is 11.8 Å². The summed E-state index contributed by atoms with van der Waals surface area (Å²) in [5.74, 6) is -0.393. The predicted molar refractivity (Wildman–Crippen MR) is 87.3 cm³/mol. The highest BCUT2D eigenvalue weighted by Crippen LogP contribution is 2.12. The van der Waals surface area contributed by atoms with Gasteiger partial charge >= 0.3 is 6.09 Å². The molecule has 1 aromatic rings. The zero-order valence-electron chi connectivity index (χ0n) is 13.9. The van der Waals surface area contributed by atoms with Crippen LogP contribution in [0.3, 0.4) is 0 Å². The van der Waals surface area contributed by atoms with Crippen molar-refractivity contribution in [3.8, 4) is 0 Å². The molecule has 0 unspecified atom stereocenters. The summed E-state index contributed by atoms with van der Waals surface area (Å²) in [5, 5.41) is 7.86. The molecule has 0 heterocycles. The van der Waals surface area contributed by atoms with Crippen LogP contribution in [0.4, 0.5) is 10.5 Å². The molecule has 23 heavy (non-hydrogen) atoms. The minimum absolute atomic E-state index is 0.142. The van der Waals surface area contributed by atoms with Crippen LogP contribution in [0.25, 0.3) is 0 Å². The zero-order chi connectivity index (χ0) is 17.5. The molecule has 1 aromatic carbocycles. The van der Waals surface area contributed by atoms with Crippen molar-refractivity contribution in [2.24, 2.45) is 0 Å². The van der Waals surface area contributed by atoms with Crippen LogP contribution in [0.5, 0.6) is 0 Å². The molecular weight excluding hydrogens is 298 g/mol. The lowest BCUT2D eigenvalue weighted by Gasteiger charge is -2.19. The van der Waals surface area contributed by atoms with Gasteiger partial charge < -0.3 is 15.4 Å². The average molecular weight is 321 g/mol.